The number of aromatic hydroxyl groups is 1. The first-order chi connectivity index (χ1) is 16.0. The van der Waals surface area contributed by atoms with Crippen LogP contribution in [0.1, 0.15) is 28.4 Å². The monoisotopic (exact) mass is 443 g/mol. The Labute approximate surface area is 190 Å². The fourth-order valence-corrected chi connectivity index (χ4v) is 3.07. The number of hydrazone groups is 1. The van der Waals surface area contributed by atoms with Crippen molar-refractivity contribution in [3.8, 4) is 17.2 Å². The Morgan fingerprint density at radius 2 is 1.67 bits per heavy atom. The van der Waals surface area contributed by atoms with Crippen LogP contribution < -0.4 is 20.2 Å². The molecule has 4 rings (SSSR count). The highest BCUT2D eigenvalue weighted by molar-refractivity contribution is 6.06. The predicted octanol–water partition coefficient (Wildman–Crippen LogP) is 3.43. The van der Waals surface area contributed by atoms with Gasteiger partial charge in [-0.05, 0) is 72.7 Å². The number of phenolic OH excluding ortho intramolecular Hbond substituents is 1. The molecule has 0 fully saturated rings. The molecular formula is C25H21N3O5. The molecule has 0 saturated carbocycles. The first-order valence-electron chi connectivity index (χ1n) is 10.1. The number of carbonyl (C=O) groups is 2. The Kier molecular flexibility index (Phi) is 6.36. The zero-order valence-corrected chi connectivity index (χ0v) is 17.7. The minimum Gasteiger partial charge on any atom is -0.508 e. The lowest BCUT2D eigenvalue weighted by Gasteiger charge is -2.10. The van der Waals surface area contributed by atoms with E-state index < -0.39 is 11.8 Å². The number of nitrogens with one attached hydrogen (secondary N) is 2. The van der Waals surface area contributed by atoms with Crippen molar-refractivity contribution in [1.29, 1.82) is 0 Å². The summed E-state index contributed by atoms with van der Waals surface area (Å²) in [4.78, 5) is 25.6. The molecule has 33 heavy (non-hydrogen) atoms. The number of fused-ring (bicyclic) bond motifs is 1. The molecule has 0 bridgehead atoms. The molecule has 0 atom stereocenters. The summed E-state index contributed by atoms with van der Waals surface area (Å²) in [6, 6.07) is 20.2. The standard InChI is InChI=1S/C25H21N3O5/c1-16(18-8-10-20(29)11-9-18)27-28-25(31)21(26-24(30)19-5-3-2-4-6-19)13-17-7-12-22-23(14-17)33-15-32-22/h2-14,29H,15H2,1H3,(H,26,30)(H,28,31). The molecule has 1 aliphatic rings. The number of benzene rings is 3. The number of nitrogens with zero attached hydrogens (tertiary/aromatic N) is 1. The summed E-state index contributed by atoms with van der Waals surface area (Å²) in [6.07, 6.45) is 1.53. The Bertz CT molecular complexity index is 1230. The number of phenols is 1. The van der Waals surface area contributed by atoms with Gasteiger partial charge in [-0.3, -0.25) is 9.59 Å². The molecule has 0 aromatic heterocycles. The van der Waals surface area contributed by atoms with Gasteiger partial charge in [0.25, 0.3) is 11.8 Å². The van der Waals surface area contributed by atoms with Crippen LogP contribution in [-0.2, 0) is 4.79 Å². The largest absolute Gasteiger partial charge is 0.508 e. The average molecular weight is 443 g/mol. The average Bonchev–Trinajstić information content (AvgIpc) is 3.31. The molecular weight excluding hydrogens is 422 g/mol. The van der Waals surface area contributed by atoms with Crippen LogP contribution in [0, 0.1) is 0 Å². The van der Waals surface area contributed by atoms with Gasteiger partial charge < -0.3 is 19.9 Å². The Morgan fingerprint density at radius 1 is 0.939 bits per heavy atom. The zero-order valence-electron chi connectivity index (χ0n) is 17.7. The van der Waals surface area contributed by atoms with E-state index in [1.165, 1.54) is 18.2 Å². The minimum atomic E-state index is -0.602. The summed E-state index contributed by atoms with van der Waals surface area (Å²) in [6.45, 7) is 1.85. The van der Waals surface area contributed by atoms with Gasteiger partial charge in [-0.25, -0.2) is 5.43 Å². The molecule has 2 amide bonds. The van der Waals surface area contributed by atoms with E-state index in [0.717, 1.165) is 5.56 Å². The summed E-state index contributed by atoms with van der Waals surface area (Å²) in [5.74, 6) is 0.264. The summed E-state index contributed by atoms with van der Waals surface area (Å²) in [5, 5.41) is 16.2. The van der Waals surface area contributed by atoms with Crippen molar-refractivity contribution in [2.75, 3.05) is 6.79 Å². The van der Waals surface area contributed by atoms with Crippen LogP contribution in [0.15, 0.2) is 83.6 Å². The molecule has 0 unspecified atom stereocenters. The number of ether oxygens (including phenoxy) is 2. The highest BCUT2D eigenvalue weighted by Gasteiger charge is 2.17. The normalized spacial score (nSPS) is 12.9. The first kappa shape index (κ1) is 21.6. The number of rotatable bonds is 6. The molecule has 0 saturated heterocycles. The van der Waals surface area contributed by atoms with Gasteiger partial charge in [0.15, 0.2) is 11.5 Å². The first-order valence-corrected chi connectivity index (χ1v) is 10.1. The maximum atomic E-state index is 12.9. The van der Waals surface area contributed by atoms with Crippen LogP contribution in [0.25, 0.3) is 6.08 Å². The van der Waals surface area contributed by atoms with Crippen molar-refractivity contribution in [3.05, 3.63) is 95.2 Å². The third-order valence-corrected chi connectivity index (χ3v) is 4.85. The van der Waals surface area contributed by atoms with E-state index in [2.05, 4.69) is 15.8 Å². The lowest BCUT2D eigenvalue weighted by Crippen LogP contribution is -2.33. The van der Waals surface area contributed by atoms with Gasteiger partial charge in [0, 0.05) is 5.56 Å². The quantitative estimate of drug-likeness (QED) is 0.307. The molecule has 0 radical (unpaired) electrons. The van der Waals surface area contributed by atoms with Crippen LogP contribution in [0.3, 0.4) is 0 Å². The van der Waals surface area contributed by atoms with Crippen LogP contribution in [0.2, 0.25) is 0 Å². The second-order valence-electron chi connectivity index (χ2n) is 7.18. The van der Waals surface area contributed by atoms with E-state index in [0.29, 0.717) is 28.3 Å². The van der Waals surface area contributed by atoms with E-state index in [1.54, 1.807) is 67.6 Å². The molecule has 166 valence electrons. The van der Waals surface area contributed by atoms with Crippen LogP contribution in [0.5, 0.6) is 17.2 Å². The summed E-state index contributed by atoms with van der Waals surface area (Å²) in [7, 11) is 0. The lowest BCUT2D eigenvalue weighted by atomic mass is 10.1. The molecule has 3 N–H and O–H groups in total. The fourth-order valence-electron chi connectivity index (χ4n) is 3.07. The molecule has 3 aromatic rings. The molecule has 8 nitrogen and oxygen atoms in total. The van der Waals surface area contributed by atoms with Crippen LogP contribution in [-0.4, -0.2) is 29.4 Å². The van der Waals surface area contributed by atoms with Crippen LogP contribution in [0.4, 0.5) is 0 Å². The van der Waals surface area contributed by atoms with Gasteiger partial charge in [-0.2, -0.15) is 5.10 Å². The number of carbonyl (C=O) groups excluding carboxylic acids is 2. The highest BCUT2D eigenvalue weighted by Crippen LogP contribution is 2.33. The van der Waals surface area contributed by atoms with Crippen LogP contribution >= 0.6 is 0 Å². The SMILES string of the molecule is CC(=NNC(=O)C(=Cc1ccc2c(c1)OCO2)NC(=O)c1ccccc1)c1ccc(O)cc1. The van der Waals surface area contributed by atoms with Crippen molar-refractivity contribution in [2.45, 2.75) is 6.92 Å². The predicted molar refractivity (Wildman–Crippen MR) is 123 cm³/mol. The van der Waals surface area contributed by atoms with E-state index in [1.807, 2.05) is 0 Å². The Morgan fingerprint density at radius 3 is 2.42 bits per heavy atom. The Hall–Kier alpha value is -4.59. The molecule has 1 aliphatic heterocycles. The minimum absolute atomic E-state index is 0.00461. The molecule has 0 spiro atoms. The van der Waals surface area contributed by atoms with Crippen molar-refractivity contribution in [1.82, 2.24) is 10.7 Å². The number of hydrogen-bond donors (Lipinski definition) is 3. The van der Waals surface area contributed by atoms with Crippen molar-refractivity contribution in [2.24, 2.45) is 5.10 Å². The van der Waals surface area contributed by atoms with E-state index in [-0.39, 0.29) is 18.2 Å². The van der Waals surface area contributed by atoms with Gasteiger partial charge >= 0.3 is 0 Å². The second-order valence-corrected chi connectivity index (χ2v) is 7.18. The molecule has 8 heteroatoms. The smallest absolute Gasteiger partial charge is 0.287 e. The van der Waals surface area contributed by atoms with Gasteiger partial charge in [-0.1, -0.05) is 24.3 Å². The zero-order chi connectivity index (χ0) is 23.2. The third-order valence-electron chi connectivity index (χ3n) is 4.85. The van der Waals surface area contributed by atoms with Gasteiger partial charge in [0.05, 0.1) is 5.71 Å². The van der Waals surface area contributed by atoms with E-state index in [4.69, 9.17) is 9.47 Å². The van der Waals surface area contributed by atoms with Gasteiger partial charge in [-0.15, -0.1) is 0 Å². The molecule has 1 heterocycles. The Balaban J connectivity index is 1.58. The number of amides is 2. The maximum absolute atomic E-state index is 12.9. The van der Waals surface area contributed by atoms with E-state index in [9.17, 15) is 14.7 Å². The van der Waals surface area contributed by atoms with Gasteiger partial charge in [0.2, 0.25) is 6.79 Å². The summed E-state index contributed by atoms with van der Waals surface area (Å²) in [5.41, 5.74) is 4.77. The van der Waals surface area contributed by atoms with Crippen molar-refractivity contribution in [3.63, 3.8) is 0 Å². The third kappa shape index (κ3) is 5.37. The lowest BCUT2D eigenvalue weighted by molar-refractivity contribution is -0.117. The highest BCUT2D eigenvalue weighted by atomic mass is 16.7. The van der Waals surface area contributed by atoms with E-state index >= 15 is 0 Å². The van der Waals surface area contributed by atoms with Gasteiger partial charge in [0.1, 0.15) is 11.4 Å². The van der Waals surface area contributed by atoms with Crippen molar-refractivity contribution >= 4 is 23.6 Å². The second kappa shape index (κ2) is 9.69. The topological polar surface area (TPSA) is 109 Å². The fraction of sp³-hybridized carbons (Fsp3) is 0.0800. The molecule has 3 aromatic carbocycles. The summed E-state index contributed by atoms with van der Waals surface area (Å²) < 4.78 is 10.7. The maximum Gasteiger partial charge on any atom is 0.287 e. The summed E-state index contributed by atoms with van der Waals surface area (Å²) >= 11 is 0. The number of hydrogen-bond acceptors (Lipinski definition) is 6. The molecule has 0 aliphatic carbocycles. The van der Waals surface area contributed by atoms with Crippen molar-refractivity contribution < 1.29 is 24.2 Å².